The van der Waals surface area contributed by atoms with E-state index in [1.54, 1.807) is 0 Å². The molecule has 0 saturated carbocycles. The topological polar surface area (TPSA) is 43.8 Å². The van der Waals surface area contributed by atoms with E-state index in [1.165, 1.54) is 0 Å². The molecule has 2 aromatic rings. The first-order valence-electron chi connectivity index (χ1n) is 4.14. The third-order valence-corrected chi connectivity index (χ3v) is 2.76. The van der Waals surface area contributed by atoms with Gasteiger partial charge in [0.1, 0.15) is 4.60 Å². The first kappa shape index (κ1) is 8.72. The molecule has 0 saturated heterocycles. The summed E-state index contributed by atoms with van der Waals surface area (Å²) >= 11 is 3.50. The minimum Gasteiger partial charge on any atom is -0.329 e. The fraction of sp³-hybridized carbons (Fsp3) is 0.222. The molecule has 68 valence electrons. The lowest BCUT2D eigenvalue weighted by molar-refractivity contribution is 0.619. The molecule has 1 aromatic carbocycles. The van der Waals surface area contributed by atoms with Crippen molar-refractivity contribution in [1.29, 1.82) is 0 Å². The summed E-state index contributed by atoms with van der Waals surface area (Å²) in [6.45, 7) is 1.35. The van der Waals surface area contributed by atoms with E-state index in [2.05, 4.69) is 21.0 Å². The number of aromatic nitrogens is 2. The number of fused-ring (bicyclic) bond motifs is 1. The van der Waals surface area contributed by atoms with Crippen molar-refractivity contribution >= 4 is 26.8 Å². The molecule has 4 heteroatoms. The fourth-order valence-electron chi connectivity index (χ4n) is 1.32. The van der Waals surface area contributed by atoms with Crippen molar-refractivity contribution in [2.75, 3.05) is 6.54 Å². The van der Waals surface area contributed by atoms with Crippen molar-refractivity contribution in [3.63, 3.8) is 0 Å². The van der Waals surface area contributed by atoms with E-state index in [-0.39, 0.29) is 0 Å². The van der Waals surface area contributed by atoms with Gasteiger partial charge in [-0.1, -0.05) is 18.2 Å². The van der Waals surface area contributed by atoms with Gasteiger partial charge in [-0.15, -0.1) is 0 Å². The number of hydrogen-bond acceptors (Lipinski definition) is 2. The molecule has 3 nitrogen and oxygen atoms in total. The summed E-state index contributed by atoms with van der Waals surface area (Å²) in [6.07, 6.45) is 0. The average molecular weight is 240 g/mol. The minimum atomic E-state index is 0.604. The zero-order valence-electron chi connectivity index (χ0n) is 7.07. The van der Waals surface area contributed by atoms with Crippen molar-refractivity contribution in [1.82, 2.24) is 9.78 Å². The third-order valence-electron chi connectivity index (χ3n) is 1.92. The normalized spacial score (nSPS) is 10.9. The van der Waals surface area contributed by atoms with Crippen LogP contribution < -0.4 is 5.73 Å². The lowest BCUT2D eigenvalue weighted by Crippen LogP contribution is -2.10. The molecule has 1 aromatic heterocycles. The number of halogens is 1. The van der Waals surface area contributed by atoms with E-state index in [0.29, 0.717) is 6.54 Å². The maximum Gasteiger partial charge on any atom is 0.112 e. The molecule has 0 spiro atoms. The van der Waals surface area contributed by atoms with E-state index in [0.717, 1.165) is 22.1 Å². The fourth-order valence-corrected chi connectivity index (χ4v) is 1.91. The van der Waals surface area contributed by atoms with Gasteiger partial charge in [-0.3, -0.25) is 4.68 Å². The molecule has 2 N–H and O–H groups in total. The van der Waals surface area contributed by atoms with E-state index in [1.807, 2.05) is 28.9 Å². The summed E-state index contributed by atoms with van der Waals surface area (Å²) in [7, 11) is 0. The van der Waals surface area contributed by atoms with Crippen molar-refractivity contribution in [3.05, 3.63) is 28.9 Å². The van der Waals surface area contributed by atoms with Crippen LogP contribution in [0.5, 0.6) is 0 Å². The van der Waals surface area contributed by atoms with E-state index < -0.39 is 0 Å². The van der Waals surface area contributed by atoms with Gasteiger partial charge in [0.2, 0.25) is 0 Å². The Morgan fingerprint density at radius 1 is 1.38 bits per heavy atom. The highest BCUT2D eigenvalue weighted by Gasteiger charge is 2.05. The maximum absolute atomic E-state index is 5.47. The van der Waals surface area contributed by atoms with Crippen LogP contribution in [-0.2, 0) is 6.54 Å². The van der Waals surface area contributed by atoms with Crippen molar-refractivity contribution in [3.8, 4) is 0 Å². The molecular weight excluding hydrogens is 230 g/mol. The molecule has 0 unspecified atom stereocenters. The number of nitrogens with zero attached hydrogens (tertiary/aromatic N) is 2. The Balaban J connectivity index is 2.60. The molecule has 0 atom stereocenters. The smallest absolute Gasteiger partial charge is 0.112 e. The van der Waals surface area contributed by atoms with Crippen LogP contribution in [0.2, 0.25) is 0 Å². The first-order valence-corrected chi connectivity index (χ1v) is 4.93. The lowest BCUT2D eigenvalue weighted by Gasteiger charge is -1.97. The molecule has 13 heavy (non-hydrogen) atoms. The molecule has 0 aliphatic heterocycles. The predicted octanol–water partition coefficient (Wildman–Crippen LogP) is 1.76. The van der Waals surface area contributed by atoms with Gasteiger partial charge in [0.25, 0.3) is 0 Å². The van der Waals surface area contributed by atoms with Gasteiger partial charge < -0.3 is 5.73 Å². The number of benzene rings is 1. The summed E-state index contributed by atoms with van der Waals surface area (Å²) in [6, 6.07) is 8.02. The number of nitrogens with two attached hydrogens (primary N) is 1. The SMILES string of the molecule is NCCn1nc2ccccc2c1Br. The second-order valence-electron chi connectivity index (χ2n) is 2.82. The molecule has 0 amide bonds. The molecule has 0 radical (unpaired) electrons. The van der Waals surface area contributed by atoms with E-state index in [4.69, 9.17) is 5.73 Å². The van der Waals surface area contributed by atoms with Gasteiger partial charge in [-0.25, -0.2) is 0 Å². The van der Waals surface area contributed by atoms with E-state index in [9.17, 15) is 0 Å². The molecule has 0 fully saturated rings. The quantitative estimate of drug-likeness (QED) is 0.869. The minimum absolute atomic E-state index is 0.604. The van der Waals surface area contributed by atoms with Crippen LogP contribution >= 0.6 is 15.9 Å². The Kier molecular flexibility index (Phi) is 2.33. The van der Waals surface area contributed by atoms with Gasteiger partial charge in [0, 0.05) is 11.9 Å². The van der Waals surface area contributed by atoms with Crippen LogP contribution in [0.25, 0.3) is 10.9 Å². The van der Waals surface area contributed by atoms with Gasteiger partial charge >= 0.3 is 0 Å². The van der Waals surface area contributed by atoms with Crippen molar-refractivity contribution in [2.45, 2.75) is 6.54 Å². The van der Waals surface area contributed by atoms with Crippen LogP contribution in [0.1, 0.15) is 0 Å². The zero-order valence-corrected chi connectivity index (χ0v) is 8.66. The summed E-state index contributed by atoms with van der Waals surface area (Å²) in [5.41, 5.74) is 6.47. The predicted molar refractivity (Wildman–Crippen MR) is 56.5 cm³/mol. The Morgan fingerprint density at radius 2 is 2.15 bits per heavy atom. The first-order chi connectivity index (χ1) is 6.33. The Bertz CT molecular complexity index is 422. The second kappa shape index (κ2) is 3.47. The van der Waals surface area contributed by atoms with Crippen LogP contribution in [0, 0.1) is 0 Å². The summed E-state index contributed by atoms with van der Waals surface area (Å²) in [5, 5.41) is 5.53. The van der Waals surface area contributed by atoms with Gasteiger partial charge in [0.05, 0.1) is 12.1 Å². The van der Waals surface area contributed by atoms with Crippen LogP contribution in [0.4, 0.5) is 0 Å². The molecule has 2 rings (SSSR count). The molecule has 0 bridgehead atoms. The third kappa shape index (κ3) is 1.47. The molecule has 0 aliphatic rings. The van der Waals surface area contributed by atoms with Gasteiger partial charge in [-0.2, -0.15) is 5.10 Å². The molecule has 1 heterocycles. The average Bonchev–Trinajstić information content (AvgIpc) is 2.46. The second-order valence-corrected chi connectivity index (χ2v) is 3.57. The summed E-state index contributed by atoms with van der Waals surface area (Å²) in [4.78, 5) is 0. The van der Waals surface area contributed by atoms with Crippen LogP contribution in [0.3, 0.4) is 0 Å². The highest BCUT2D eigenvalue weighted by molar-refractivity contribution is 9.10. The Labute approximate surface area is 84.7 Å². The van der Waals surface area contributed by atoms with Gasteiger partial charge in [0.15, 0.2) is 0 Å². The van der Waals surface area contributed by atoms with Crippen molar-refractivity contribution in [2.24, 2.45) is 5.73 Å². The lowest BCUT2D eigenvalue weighted by atomic mass is 10.3. The molecular formula is C9H10BrN3. The van der Waals surface area contributed by atoms with Crippen molar-refractivity contribution < 1.29 is 0 Å². The summed E-state index contributed by atoms with van der Waals surface area (Å²) in [5.74, 6) is 0. The van der Waals surface area contributed by atoms with E-state index >= 15 is 0 Å². The largest absolute Gasteiger partial charge is 0.329 e. The monoisotopic (exact) mass is 239 g/mol. The number of hydrogen-bond donors (Lipinski definition) is 1. The maximum atomic E-state index is 5.47. The Hall–Kier alpha value is -0.870. The summed E-state index contributed by atoms with van der Waals surface area (Å²) < 4.78 is 2.89. The highest BCUT2D eigenvalue weighted by atomic mass is 79.9. The van der Waals surface area contributed by atoms with Crippen LogP contribution in [-0.4, -0.2) is 16.3 Å². The standard InChI is InChI=1S/C9H10BrN3/c10-9-7-3-1-2-4-8(7)12-13(9)6-5-11/h1-4H,5-6,11H2. The number of rotatable bonds is 2. The highest BCUT2D eigenvalue weighted by Crippen LogP contribution is 2.22. The Morgan fingerprint density at radius 3 is 2.85 bits per heavy atom. The van der Waals surface area contributed by atoms with Gasteiger partial charge in [-0.05, 0) is 22.0 Å². The van der Waals surface area contributed by atoms with Crippen LogP contribution in [0.15, 0.2) is 28.9 Å². The molecule has 0 aliphatic carbocycles. The zero-order chi connectivity index (χ0) is 9.26.